The van der Waals surface area contributed by atoms with Crippen LogP contribution in [0.1, 0.15) is 13.3 Å². The third-order valence-corrected chi connectivity index (χ3v) is 4.78. The van der Waals surface area contributed by atoms with E-state index in [0.29, 0.717) is 22.4 Å². The monoisotopic (exact) mass is 354 g/mol. The molecule has 4 nitrogen and oxygen atoms in total. The summed E-state index contributed by atoms with van der Waals surface area (Å²) in [5.74, 6) is -0.863. The third kappa shape index (κ3) is 3.69. The molecule has 0 saturated carbocycles. The van der Waals surface area contributed by atoms with Crippen molar-refractivity contribution in [2.45, 2.75) is 18.6 Å². The molecule has 0 aliphatic carbocycles. The van der Waals surface area contributed by atoms with Gasteiger partial charge >= 0.3 is 0 Å². The van der Waals surface area contributed by atoms with Crippen LogP contribution in [0, 0.1) is 0 Å². The van der Waals surface area contributed by atoms with Crippen molar-refractivity contribution in [3.05, 3.63) is 40.9 Å². The zero-order valence-electron chi connectivity index (χ0n) is 12.1. The molecule has 7 heteroatoms. The molecular formula is C15H15ClN2O2S2. The van der Waals surface area contributed by atoms with Gasteiger partial charge in [-0.2, -0.15) is 11.8 Å². The molecule has 1 heterocycles. The summed E-state index contributed by atoms with van der Waals surface area (Å²) in [4.78, 5) is 25.9. The zero-order valence-corrected chi connectivity index (χ0v) is 14.5. The molecule has 0 aromatic heterocycles. The Bertz CT molecular complexity index is 643. The molecule has 1 aliphatic rings. The standard InChI is InChI=1S/C15H15ClN2O2S2/c1-9(22-2)3-8-12-13(19)17-15(21)18(14(12)20)11-6-4-10(16)5-7-11/h4-9H,3H2,1-2H3,(H,17,19,21)/b12-8-. The van der Waals surface area contributed by atoms with Gasteiger partial charge < -0.3 is 0 Å². The van der Waals surface area contributed by atoms with E-state index < -0.39 is 11.8 Å². The second-order valence-electron chi connectivity index (χ2n) is 4.78. The number of hydrogen-bond acceptors (Lipinski definition) is 4. The van der Waals surface area contributed by atoms with E-state index in [1.807, 2.05) is 13.2 Å². The number of rotatable bonds is 4. The maximum atomic E-state index is 12.6. The topological polar surface area (TPSA) is 49.4 Å². The van der Waals surface area contributed by atoms with Crippen molar-refractivity contribution >= 4 is 58.2 Å². The molecule has 1 aliphatic heterocycles. The summed E-state index contributed by atoms with van der Waals surface area (Å²) in [6, 6.07) is 6.71. The molecule has 1 saturated heterocycles. The highest BCUT2D eigenvalue weighted by molar-refractivity contribution is 7.99. The van der Waals surface area contributed by atoms with Crippen molar-refractivity contribution in [3.8, 4) is 0 Å². The van der Waals surface area contributed by atoms with E-state index in [2.05, 4.69) is 5.32 Å². The van der Waals surface area contributed by atoms with Gasteiger partial charge in [0, 0.05) is 10.3 Å². The van der Waals surface area contributed by atoms with E-state index in [4.69, 9.17) is 23.8 Å². The van der Waals surface area contributed by atoms with E-state index in [1.165, 1.54) is 4.90 Å². The molecule has 1 unspecified atom stereocenters. The fourth-order valence-electron chi connectivity index (χ4n) is 1.91. The summed E-state index contributed by atoms with van der Waals surface area (Å²) in [6.45, 7) is 2.04. The van der Waals surface area contributed by atoms with Crippen molar-refractivity contribution in [2.75, 3.05) is 11.2 Å². The lowest BCUT2D eigenvalue weighted by atomic mass is 10.1. The normalized spacial score (nSPS) is 18.6. The molecule has 0 spiro atoms. The highest BCUT2D eigenvalue weighted by Gasteiger charge is 2.34. The van der Waals surface area contributed by atoms with E-state index in [9.17, 15) is 9.59 Å². The molecule has 0 radical (unpaired) electrons. The summed E-state index contributed by atoms with van der Waals surface area (Å²) in [5.41, 5.74) is 0.688. The number of carbonyl (C=O) groups excluding carboxylic acids is 2. The highest BCUT2D eigenvalue weighted by Crippen LogP contribution is 2.23. The smallest absolute Gasteiger partial charge is 0.269 e. The summed E-state index contributed by atoms with van der Waals surface area (Å²) in [7, 11) is 0. The molecule has 1 aromatic carbocycles. The van der Waals surface area contributed by atoms with Gasteiger partial charge in [-0.25, -0.2) is 0 Å². The van der Waals surface area contributed by atoms with E-state index in [-0.39, 0.29) is 10.7 Å². The van der Waals surface area contributed by atoms with Crippen LogP contribution in [0.3, 0.4) is 0 Å². The minimum Gasteiger partial charge on any atom is -0.298 e. The Kier molecular flexibility index (Phi) is 5.61. The first-order valence-corrected chi connectivity index (χ1v) is 8.69. The SMILES string of the molecule is CSC(C)C/C=C1/C(=O)NC(=S)N(c2ccc(Cl)cc2)C1=O. The molecule has 116 valence electrons. The average Bonchev–Trinajstić information content (AvgIpc) is 2.48. The third-order valence-electron chi connectivity index (χ3n) is 3.24. The number of hydrogen-bond donors (Lipinski definition) is 1. The van der Waals surface area contributed by atoms with Gasteiger partial charge in [-0.15, -0.1) is 0 Å². The number of amides is 2. The predicted molar refractivity (Wildman–Crippen MR) is 95.4 cm³/mol. The second kappa shape index (κ2) is 7.26. The number of nitrogens with one attached hydrogen (secondary N) is 1. The quantitative estimate of drug-likeness (QED) is 0.512. The first-order chi connectivity index (χ1) is 10.4. The van der Waals surface area contributed by atoms with E-state index in [0.717, 1.165) is 0 Å². The molecule has 0 bridgehead atoms. The van der Waals surface area contributed by atoms with Gasteiger partial charge in [0.1, 0.15) is 5.57 Å². The van der Waals surface area contributed by atoms with Crippen LogP contribution in [0.2, 0.25) is 5.02 Å². The van der Waals surface area contributed by atoms with Gasteiger partial charge in [0.15, 0.2) is 5.11 Å². The molecular weight excluding hydrogens is 340 g/mol. The largest absolute Gasteiger partial charge is 0.298 e. The van der Waals surface area contributed by atoms with E-state index in [1.54, 1.807) is 42.1 Å². The van der Waals surface area contributed by atoms with E-state index >= 15 is 0 Å². The molecule has 2 rings (SSSR count). The van der Waals surface area contributed by atoms with Gasteiger partial charge in [-0.05, 0) is 49.2 Å². The second-order valence-corrected chi connectivity index (χ2v) is 6.88. The van der Waals surface area contributed by atoms with Crippen LogP contribution in [0.25, 0.3) is 0 Å². The molecule has 2 amide bonds. The number of allylic oxidation sites excluding steroid dienone is 1. The Hall–Kier alpha value is -1.37. The van der Waals surface area contributed by atoms with Crippen LogP contribution in [-0.2, 0) is 9.59 Å². The minimum absolute atomic E-state index is 0.0763. The minimum atomic E-state index is -0.450. The highest BCUT2D eigenvalue weighted by atomic mass is 35.5. The van der Waals surface area contributed by atoms with Crippen LogP contribution in [0.15, 0.2) is 35.9 Å². The van der Waals surface area contributed by atoms with Crippen LogP contribution in [-0.4, -0.2) is 28.4 Å². The number of anilines is 1. The van der Waals surface area contributed by atoms with Gasteiger partial charge in [0.05, 0.1) is 5.69 Å². The Labute approximate surface area is 143 Å². The number of halogens is 1. The fourth-order valence-corrected chi connectivity index (χ4v) is 2.61. The number of thioether (sulfide) groups is 1. The fraction of sp³-hybridized carbons (Fsp3) is 0.267. The lowest BCUT2D eigenvalue weighted by molar-refractivity contribution is -0.122. The lowest BCUT2D eigenvalue weighted by Crippen LogP contribution is -2.54. The number of thiocarbonyl (C=S) groups is 1. The number of nitrogens with zero attached hydrogens (tertiary/aromatic N) is 1. The Morgan fingerprint density at radius 3 is 2.59 bits per heavy atom. The van der Waals surface area contributed by atoms with Gasteiger partial charge in [-0.3, -0.25) is 19.8 Å². The average molecular weight is 355 g/mol. The zero-order chi connectivity index (χ0) is 16.3. The Morgan fingerprint density at radius 2 is 2.00 bits per heavy atom. The van der Waals surface area contributed by atoms with Crippen molar-refractivity contribution in [2.24, 2.45) is 0 Å². The summed E-state index contributed by atoms with van der Waals surface area (Å²) in [6.07, 6.45) is 4.29. The van der Waals surface area contributed by atoms with Gasteiger partial charge in [0.2, 0.25) is 0 Å². The number of benzene rings is 1. The number of carbonyl (C=O) groups is 2. The lowest BCUT2D eigenvalue weighted by Gasteiger charge is -2.29. The summed E-state index contributed by atoms with van der Waals surface area (Å²) in [5, 5.41) is 3.52. The first kappa shape index (κ1) is 17.0. The molecule has 22 heavy (non-hydrogen) atoms. The van der Waals surface area contributed by atoms with Gasteiger partial charge in [0.25, 0.3) is 11.8 Å². The summed E-state index contributed by atoms with van der Waals surface area (Å²) >= 11 is 12.6. The molecule has 1 N–H and O–H groups in total. The van der Waals surface area contributed by atoms with Crippen molar-refractivity contribution < 1.29 is 9.59 Å². The molecule has 1 fully saturated rings. The first-order valence-electron chi connectivity index (χ1n) is 6.62. The summed E-state index contributed by atoms with van der Waals surface area (Å²) < 4.78 is 0. The van der Waals surface area contributed by atoms with Crippen LogP contribution in [0.4, 0.5) is 5.69 Å². The predicted octanol–water partition coefficient (Wildman–Crippen LogP) is 3.16. The van der Waals surface area contributed by atoms with Crippen molar-refractivity contribution in [1.82, 2.24) is 5.32 Å². The van der Waals surface area contributed by atoms with Crippen LogP contribution in [0.5, 0.6) is 0 Å². The Balaban J connectivity index is 2.31. The molecule has 1 atom stereocenters. The Morgan fingerprint density at radius 1 is 1.36 bits per heavy atom. The molecule has 1 aromatic rings. The maximum absolute atomic E-state index is 12.6. The maximum Gasteiger partial charge on any atom is 0.269 e. The van der Waals surface area contributed by atoms with Crippen molar-refractivity contribution in [3.63, 3.8) is 0 Å². The van der Waals surface area contributed by atoms with Gasteiger partial charge in [-0.1, -0.05) is 24.6 Å². The van der Waals surface area contributed by atoms with Crippen LogP contribution < -0.4 is 10.2 Å². The van der Waals surface area contributed by atoms with Crippen molar-refractivity contribution in [1.29, 1.82) is 0 Å². The van der Waals surface area contributed by atoms with Crippen LogP contribution >= 0.6 is 35.6 Å².